The molecule has 0 unspecified atom stereocenters. The number of nitrogens with one attached hydrogen (secondary N) is 2. The fourth-order valence-corrected chi connectivity index (χ4v) is 3.07. The molecule has 7 nitrogen and oxygen atoms in total. The molecule has 2 aromatic rings. The maximum absolute atomic E-state index is 12.1. The zero-order valence-electron chi connectivity index (χ0n) is 15.3. The van der Waals surface area contributed by atoms with Crippen LogP contribution in [0.25, 0.3) is 0 Å². The zero-order chi connectivity index (χ0) is 19.2. The molecule has 0 bridgehead atoms. The second-order valence-electron chi connectivity index (χ2n) is 5.79. The average molecular weight is 379 g/mol. The summed E-state index contributed by atoms with van der Waals surface area (Å²) in [5.41, 5.74) is 2.17. The smallest absolute Gasteiger partial charge is 0.287 e. The van der Waals surface area contributed by atoms with Gasteiger partial charge >= 0.3 is 0 Å². The molecular formula is C18H25N3O4S. The van der Waals surface area contributed by atoms with Gasteiger partial charge in [-0.15, -0.1) is 0 Å². The number of carbonyl (C=O) groups is 1. The lowest BCUT2D eigenvalue weighted by molar-refractivity contribution is 0.0918. The van der Waals surface area contributed by atoms with Crippen molar-refractivity contribution in [2.45, 2.75) is 32.0 Å². The molecule has 1 amide bonds. The van der Waals surface area contributed by atoms with Crippen LogP contribution in [-0.2, 0) is 23.1 Å². The summed E-state index contributed by atoms with van der Waals surface area (Å²) in [5.74, 6) is -0.508. The van der Waals surface area contributed by atoms with Crippen molar-refractivity contribution in [2.24, 2.45) is 0 Å². The summed E-state index contributed by atoms with van der Waals surface area (Å²) in [7, 11) is -2.42. The van der Waals surface area contributed by atoms with Gasteiger partial charge in [-0.3, -0.25) is 9.69 Å². The Labute approximate surface area is 154 Å². The van der Waals surface area contributed by atoms with Crippen LogP contribution in [0.15, 0.2) is 45.9 Å². The van der Waals surface area contributed by atoms with Crippen molar-refractivity contribution in [3.8, 4) is 0 Å². The van der Waals surface area contributed by atoms with Crippen LogP contribution in [0, 0.1) is 0 Å². The molecule has 0 saturated heterocycles. The van der Waals surface area contributed by atoms with E-state index >= 15 is 0 Å². The van der Waals surface area contributed by atoms with Gasteiger partial charge in [-0.05, 0) is 43.4 Å². The van der Waals surface area contributed by atoms with E-state index in [4.69, 9.17) is 4.42 Å². The van der Waals surface area contributed by atoms with Crippen molar-refractivity contribution in [3.05, 3.63) is 53.3 Å². The fourth-order valence-electron chi connectivity index (χ4n) is 2.42. The average Bonchev–Trinajstić information content (AvgIpc) is 3.16. The lowest BCUT2D eigenvalue weighted by Crippen LogP contribution is -2.23. The highest BCUT2D eigenvalue weighted by molar-refractivity contribution is 7.89. The Morgan fingerprint density at radius 1 is 1.04 bits per heavy atom. The summed E-state index contributed by atoms with van der Waals surface area (Å²) in [6.45, 7) is 7.50. The minimum absolute atomic E-state index is 0.0445. The van der Waals surface area contributed by atoms with Gasteiger partial charge in [0.15, 0.2) is 5.76 Å². The standard InChI is InChI=1S/C18H25N3O4S/c1-4-21(5-2)13-15-8-6-14(7-9-15)12-20-18(22)16-10-11-17(25-16)26(23,24)19-3/h6-11,19H,4-5,12-13H2,1-3H3,(H,20,22). The van der Waals surface area contributed by atoms with Gasteiger partial charge in [0.25, 0.3) is 15.9 Å². The number of benzene rings is 1. The SMILES string of the molecule is CCN(CC)Cc1ccc(CNC(=O)c2ccc(S(=O)(=O)NC)o2)cc1. The first-order valence-electron chi connectivity index (χ1n) is 8.51. The van der Waals surface area contributed by atoms with Gasteiger partial charge in [-0.1, -0.05) is 38.1 Å². The van der Waals surface area contributed by atoms with Gasteiger partial charge in [0, 0.05) is 13.1 Å². The summed E-state index contributed by atoms with van der Waals surface area (Å²) in [6.07, 6.45) is 0. The van der Waals surface area contributed by atoms with E-state index in [-0.39, 0.29) is 10.9 Å². The van der Waals surface area contributed by atoms with E-state index in [9.17, 15) is 13.2 Å². The first-order chi connectivity index (χ1) is 12.4. The Hall–Kier alpha value is -2.16. The molecule has 0 fully saturated rings. The molecule has 2 rings (SSSR count). The topological polar surface area (TPSA) is 91.7 Å². The Balaban J connectivity index is 1.93. The molecule has 0 aliphatic carbocycles. The third-order valence-electron chi connectivity index (χ3n) is 4.12. The summed E-state index contributed by atoms with van der Waals surface area (Å²) >= 11 is 0. The number of carbonyl (C=O) groups excluding carboxylic acids is 1. The minimum Gasteiger partial charge on any atom is -0.438 e. The first kappa shape index (κ1) is 20.2. The second-order valence-corrected chi connectivity index (χ2v) is 7.60. The van der Waals surface area contributed by atoms with E-state index in [2.05, 4.69) is 28.8 Å². The highest BCUT2D eigenvalue weighted by atomic mass is 32.2. The molecule has 142 valence electrons. The maximum atomic E-state index is 12.1. The van der Waals surface area contributed by atoms with E-state index in [1.807, 2.05) is 24.3 Å². The monoisotopic (exact) mass is 379 g/mol. The second kappa shape index (κ2) is 8.98. The van der Waals surface area contributed by atoms with E-state index in [0.29, 0.717) is 6.54 Å². The van der Waals surface area contributed by atoms with Crippen LogP contribution in [0.1, 0.15) is 35.5 Å². The van der Waals surface area contributed by atoms with Crippen molar-refractivity contribution in [1.29, 1.82) is 0 Å². The molecule has 1 aromatic carbocycles. The third kappa shape index (κ3) is 5.17. The normalized spacial score (nSPS) is 11.7. The third-order valence-corrected chi connectivity index (χ3v) is 5.40. The number of nitrogens with zero attached hydrogens (tertiary/aromatic N) is 1. The minimum atomic E-state index is -3.70. The number of furan rings is 1. The van der Waals surface area contributed by atoms with E-state index in [1.165, 1.54) is 24.7 Å². The Morgan fingerprint density at radius 3 is 2.23 bits per heavy atom. The van der Waals surface area contributed by atoms with Gasteiger partial charge in [-0.2, -0.15) is 0 Å². The highest BCUT2D eigenvalue weighted by Crippen LogP contribution is 2.14. The van der Waals surface area contributed by atoms with Crippen LogP contribution in [0.2, 0.25) is 0 Å². The number of rotatable bonds is 9. The summed E-state index contributed by atoms with van der Waals surface area (Å²) in [4.78, 5) is 14.4. The summed E-state index contributed by atoms with van der Waals surface area (Å²) in [6, 6.07) is 10.6. The highest BCUT2D eigenvalue weighted by Gasteiger charge is 2.19. The molecule has 0 radical (unpaired) electrons. The molecule has 0 spiro atoms. The Morgan fingerprint density at radius 2 is 1.65 bits per heavy atom. The Kier molecular flexibility index (Phi) is 6.96. The van der Waals surface area contributed by atoms with Crippen molar-refractivity contribution in [1.82, 2.24) is 14.9 Å². The van der Waals surface area contributed by atoms with Gasteiger partial charge in [-0.25, -0.2) is 13.1 Å². The lowest BCUT2D eigenvalue weighted by Gasteiger charge is -2.18. The maximum Gasteiger partial charge on any atom is 0.287 e. The van der Waals surface area contributed by atoms with Crippen molar-refractivity contribution < 1.29 is 17.6 Å². The van der Waals surface area contributed by atoms with Crippen LogP contribution < -0.4 is 10.0 Å². The van der Waals surface area contributed by atoms with Crippen LogP contribution in [0.5, 0.6) is 0 Å². The first-order valence-corrected chi connectivity index (χ1v) is 9.99. The van der Waals surface area contributed by atoms with Gasteiger partial charge in [0.1, 0.15) is 0 Å². The predicted octanol–water partition coefficient (Wildman–Crippen LogP) is 1.96. The van der Waals surface area contributed by atoms with Gasteiger partial charge in [0.2, 0.25) is 5.09 Å². The van der Waals surface area contributed by atoms with Crippen molar-refractivity contribution in [2.75, 3.05) is 20.1 Å². The molecule has 2 N–H and O–H groups in total. The molecule has 8 heteroatoms. The largest absolute Gasteiger partial charge is 0.438 e. The van der Waals surface area contributed by atoms with Gasteiger partial charge in [0.05, 0.1) is 0 Å². The fraction of sp³-hybridized carbons (Fsp3) is 0.389. The van der Waals surface area contributed by atoms with E-state index in [0.717, 1.165) is 25.2 Å². The van der Waals surface area contributed by atoms with E-state index in [1.54, 1.807) is 0 Å². The van der Waals surface area contributed by atoms with Crippen LogP contribution >= 0.6 is 0 Å². The number of hydrogen-bond donors (Lipinski definition) is 2. The molecule has 0 saturated carbocycles. The number of sulfonamides is 1. The Bertz CT molecular complexity index is 824. The van der Waals surface area contributed by atoms with Gasteiger partial charge < -0.3 is 9.73 Å². The van der Waals surface area contributed by atoms with Crippen molar-refractivity contribution in [3.63, 3.8) is 0 Å². The van der Waals surface area contributed by atoms with Crippen LogP contribution in [0.3, 0.4) is 0 Å². The molecule has 0 aliphatic heterocycles. The predicted molar refractivity (Wildman–Crippen MR) is 99.2 cm³/mol. The lowest BCUT2D eigenvalue weighted by atomic mass is 10.1. The number of hydrogen-bond acceptors (Lipinski definition) is 5. The van der Waals surface area contributed by atoms with Crippen LogP contribution in [0.4, 0.5) is 0 Å². The molecule has 0 atom stereocenters. The van der Waals surface area contributed by atoms with Crippen LogP contribution in [-0.4, -0.2) is 39.4 Å². The summed E-state index contributed by atoms with van der Waals surface area (Å²) in [5, 5.41) is 2.44. The van der Waals surface area contributed by atoms with E-state index < -0.39 is 15.9 Å². The van der Waals surface area contributed by atoms with Crippen molar-refractivity contribution >= 4 is 15.9 Å². The molecular weight excluding hydrogens is 354 g/mol. The number of amides is 1. The molecule has 1 heterocycles. The zero-order valence-corrected chi connectivity index (χ0v) is 16.1. The molecule has 1 aromatic heterocycles. The molecule has 0 aliphatic rings. The molecule has 26 heavy (non-hydrogen) atoms. The summed E-state index contributed by atoms with van der Waals surface area (Å²) < 4.78 is 30.5. The quantitative estimate of drug-likeness (QED) is 0.695.